The van der Waals surface area contributed by atoms with Crippen LogP contribution >= 0.6 is 0 Å². The highest BCUT2D eigenvalue weighted by Gasteiger charge is 2.18. The van der Waals surface area contributed by atoms with Crippen LogP contribution < -0.4 is 15.3 Å². The molecule has 140 valence electrons. The molecule has 0 aliphatic heterocycles. The van der Waals surface area contributed by atoms with Crippen molar-refractivity contribution >= 4 is 22.6 Å². The van der Waals surface area contributed by atoms with Crippen molar-refractivity contribution < 1.29 is 18.4 Å². The lowest BCUT2D eigenvalue weighted by Crippen LogP contribution is -2.34. The Hall–Kier alpha value is -3.80. The van der Waals surface area contributed by atoms with Crippen molar-refractivity contribution in [2.45, 2.75) is 6.54 Å². The number of nitrogens with zero attached hydrogens (tertiary/aromatic N) is 1. The summed E-state index contributed by atoms with van der Waals surface area (Å²) < 4.78 is 16.2. The zero-order valence-electron chi connectivity index (χ0n) is 14.9. The van der Waals surface area contributed by atoms with Crippen LogP contribution in [-0.4, -0.2) is 12.5 Å². The van der Waals surface area contributed by atoms with Crippen molar-refractivity contribution in [2.24, 2.45) is 0 Å². The minimum Gasteiger partial charge on any atom is -0.484 e. The summed E-state index contributed by atoms with van der Waals surface area (Å²) in [6, 6.07) is 21.1. The van der Waals surface area contributed by atoms with Gasteiger partial charge in [-0.2, -0.15) is 0 Å². The van der Waals surface area contributed by atoms with Gasteiger partial charge in [-0.1, -0.05) is 18.2 Å². The predicted molar refractivity (Wildman–Crippen MR) is 104 cm³/mol. The first kappa shape index (κ1) is 17.6. The summed E-state index contributed by atoms with van der Waals surface area (Å²) >= 11 is 0. The first-order valence-electron chi connectivity index (χ1n) is 8.73. The Morgan fingerprint density at radius 3 is 2.57 bits per heavy atom. The SMILES string of the molecule is O=C(COc1ccc2ccc(=O)oc2c1)N(Cc1ccco1)c1ccccc1. The Labute approximate surface area is 160 Å². The third-order valence-corrected chi connectivity index (χ3v) is 4.22. The van der Waals surface area contributed by atoms with Gasteiger partial charge in [0.1, 0.15) is 17.1 Å². The maximum absolute atomic E-state index is 12.8. The van der Waals surface area contributed by atoms with E-state index in [4.69, 9.17) is 13.6 Å². The number of rotatable bonds is 6. The molecule has 1 amide bonds. The van der Waals surface area contributed by atoms with Gasteiger partial charge in [0, 0.05) is 23.2 Å². The minimum absolute atomic E-state index is 0.168. The van der Waals surface area contributed by atoms with Crippen molar-refractivity contribution in [1.82, 2.24) is 0 Å². The second-order valence-corrected chi connectivity index (χ2v) is 6.14. The smallest absolute Gasteiger partial charge is 0.336 e. The van der Waals surface area contributed by atoms with E-state index >= 15 is 0 Å². The van der Waals surface area contributed by atoms with Crippen LogP contribution in [0.15, 0.2) is 92.7 Å². The van der Waals surface area contributed by atoms with Gasteiger partial charge >= 0.3 is 5.63 Å². The van der Waals surface area contributed by atoms with Crippen molar-refractivity contribution in [1.29, 1.82) is 0 Å². The highest BCUT2D eigenvalue weighted by atomic mass is 16.5. The van der Waals surface area contributed by atoms with E-state index in [1.54, 1.807) is 41.5 Å². The summed E-state index contributed by atoms with van der Waals surface area (Å²) in [5, 5.41) is 0.780. The molecule has 4 rings (SSSR count). The third-order valence-electron chi connectivity index (χ3n) is 4.22. The van der Waals surface area contributed by atoms with Gasteiger partial charge in [-0.05, 0) is 42.5 Å². The standard InChI is InChI=1S/C22H17NO5/c24-21(15-27-18-10-8-16-9-11-22(25)28-20(16)13-18)23(14-19-7-4-12-26-19)17-5-2-1-3-6-17/h1-13H,14-15H2. The average molecular weight is 375 g/mol. The molecule has 0 bridgehead atoms. The molecule has 0 atom stereocenters. The molecular formula is C22H17NO5. The van der Waals surface area contributed by atoms with Crippen LogP contribution in [0.5, 0.6) is 5.75 Å². The number of furan rings is 1. The Balaban J connectivity index is 1.52. The van der Waals surface area contributed by atoms with Crippen LogP contribution in [0.2, 0.25) is 0 Å². The number of amides is 1. The Bertz CT molecular complexity index is 1130. The summed E-state index contributed by atoms with van der Waals surface area (Å²) in [4.78, 5) is 25.8. The van der Waals surface area contributed by atoms with Gasteiger partial charge in [-0.25, -0.2) is 4.79 Å². The molecule has 0 aliphatic carbocycles. The van der Waals surface area contributed by atoms with Crippen LogP contribution in [0.3, 0.4) is 0 Å². The molecular weight excluding hydrogens is 358 g/mol. The number of para-hydroxylation sites is 1. The molecule has 0 saturated carbocycles. The van der Waals surface area contributed by atoms with E-state index in [1.165, 1.54) is 6.07 Å². The first-order valence-corrected chi connectivity index (χ1v) is 8.73. The molecule has 0 N–H and O–H groups in total. The Morgan fingerprint density at radius 2 is 1.79 bits per heavy atom. The number of benzene rings is 2. The molecule has 0 saturated heterocycles. The van der Waals surface area contributed by atoms with E-state index in [2.05, 4.69) is 0 Å². The molecule has 6 heteroatoms. The first-order chi connectivity index (χ1) is 13.7. The summed E-state index contributed by atoms with van der Waals surface area (Å²) in [6.45, 7) is 0.129. The van der Waals surface area contributed by atoms with Crippen LogP contribution in [0.1, 0.15) is 5.76 Å². The third kappa shape index (κ3) is 3.96. The van der Waals surface area contributed by atoms with Gasteiger partial charge in [-0.3, -0.25) is 4.79 Å². The Morgan fingerprint density at radius 1 is 0.964 bits per heavy atom. The number of fused-ring (bicyclic) bond motifs is 1. The zero-order valence-corrected chi connectivity index (χ0v) is 14.9. The van der Waals surface area contributed by atoms with E-state index in [-0.39, 0.29) is 12.5 Å². The summed E-state index contributed by atoms with van der Waals surface area (Å²) in [6.07, 6.45) is 1.57. The second kappa shape index (κ2) is 7.84. The fourth-order valence-corrected chi connectivity index (χ4v) is 2.84. The average Bonchev–Trinajstić information content (AvgIpc) is 3.24. The van der Waals surface area contributed by atoms with E-state index in [0.717, 1.165) is 11.1 Å². The van der Waals surface area contributed by atoms with Gasteiger partial charge < -0.3 is 18.5 Å². The maximum atomic E-state index is 12.8. The van der Waals surface area contributed by atoms with Crippen LogP contribution in [0.25, 0.3) is 11.0 Å². The normalized spacial score (nSPS) is 10.7. The summed E-state index contributed by atoms with van der Waals surface area (Å²) in [5.74, 6) is 0.892. The van der Waals surface area contributed by atoms with E-state index in [1.807, 2.05) is 36.4 Å². The van der Waals surface area contributed by atoms with Crippen molar-refractivity contribution in [3.05, 3.63) is 95.2 Å². The van der Waals surface area contributed by atoms with E-state index in [0.29, 0.717) is 23.6 Å². The van der Waals surface area contributed by atoms with Crippen LogP contribution in [-0.2, 0) is 11.3 Å². The largest absolute Gasteiger partial charge is 0.484 e. The van der Waals surface area contributed by atoms with E-state index < -0.39 is 5.63 Å². The quantitative estimate of drug-likeness (QED) is 0.476. The van der Waals surface area contributed by atoms with Gasteiger partial charge in [0.2, 0.25) is 0 Å². The second-order valence-electron chi connectivity index (χ2n) is 6.14. The van der Waals surface area contributed by atoms with Crippen LogP contribution in [0.4, 0.5) is 5.69 Å². The fourth-order valence-electron chi connectivity index (χ4n) is 2.84. The van der Waals surface area contributed by atoms with Gasteiger partial charge in [0.05, 0.1) is 12.8 Å². The molecule has 2 aromatic heterocycles. The molecule has 6 nitrogen and oxygen atoms in total. The highest BCUT2D eigenvalue weighted by molar-refractivity contribution is 5.94. The molecule has 2 aromatic carbocycles. The van der Waals surface area contributed by atoms with Crippen molar-refractivity contribution in [3.63, 3.8) is 0 Å². The molecule has 2 heterocycles. The molecule has 0 unspecified atom stereocenters. The number of hydrogen-bond donors (Lipinski definition) is 0. The number of ether oxygens (including phenoxy) is 1. The summed E-state index contributed by atoms with van der Waals surface area (Å²) in [5.41, 5.74) is 0.722. The van der Waals surface area contributed by atoms with Crippen LogP contribution in [0, 0.1) is 0 Å². The molecule has 4 aromatic rings. The number of hydrogen-bond acceptors (Lipinski definition) is 5. The van der Waals surface area contributed by atoms with E-state index in [9.17, 15) is 9.59 Å². The van der Waals surface area contributed by atoms with Crippen molar-refractivity contribution in [3.8, 4) is 5.75 Å². The molecule has 0 radical (unpaired) electrons. The maximum Gasteiger partial charge on any atom is 0.336 e. The monoisotopic (exact) mass is 375 g/mol. The fraction of sp³-hybridized carbons (Fsp3) is 0.0909. The number of anilines is 1. The van der Waals surface area contributed by atoms with Gasteiger partial charge in [0.15, 0.2) is 6.61 Å². The lowest BCUT2D eigenvalue weighted by Gasteiger charge is -2.22. The Kier molecular flexibility index (Phi) is 4.93. The molecule has 28 heavy (non-hydrogen) atoms. The molecule has 0 spiro atoms. The highest BCUT2D eigenvalue weighted by Crippen LogP contribution is 2.21. The van der Waals surface area contributed by atoms with Gasteiger partial charge in [-0.15, -0.1) is 0 Å². The molecule has 0 fully saturated rings. The lowest BCUT2D eigenvalue weighted by molar-refractivity contribution is -0.120. The number of carbonyl (C=O) groups is 1. The van der Waals surface area contributed by atoms with Gasteiger partial charge in [0.25, 0.3) is 5.91 Å². The zero-order chi connectivity index (χ0) is 19.3. The topological polar surface area (TPSA) is 72.9 Å². The minimum atomic E-state index is -0.436. The predicted octanol–water partition coefficient (Wildman–Crippen LogP) is 4.00. The van der Waals surface area contributed by atoms with Crippen molar-refractivity contribution in [2.75, 3.05) is 11.5 Å². The summed E-state index contributed by atoms with van der Waals surface area (Å²) in [7, 11) is 0. The lowest BCUT2D eigenvalue weighted by atomic mass is 10.2. The number of carbonyl (C=O) groups excluding carboxylic acids is 1. The molecule has 0 aliphatic rings.